The normalized spacial score (nSPS) is 20.9. The molecule has 0 radical (unpaired) electrons. The lowest BCUT2D eigenvalue weighted by atomic mass is 10.0. The van der Waals surface area contributed by atoms with Crippen molar-refractivity contribution in [3.8, 4) is 5.75 Å². The SMILES string of the molecule is COc1ccccc1[C@@H](C)N1CCN(CCN2CCOC2=O)CC1. The van der Waals surface area contributed by atoms with Crippen LogP contribution in [0.5, 0.6) is 5.75 Å². The number of hydrogen-bond donors (Lipinski definition) is 0. The van der Waals surface area contributed by atoms with E-state index in [0.29, 0.717) is 12.6 Å². The maximum absolute atomic E-state index is 11.5. The molecule has 0 bridgehead atoms. The van der Waals surface area contributed by atoms with Crippen molar-refractivity contribution in [3.05, 3.63) is 29.8 Å². The van der Waals surface area contributed by atoms with Crippen molar-refractivity contribution < 1.29 is 14.3 Å². The number of hydrogen-bond acceptors (Lipinski definition) is 5. The van der Waals surface area contributed by atoms with Crippen LogP contribution in [-0.4, -0.2) is 80.3 Å². The summed E-state index contributed by atoms with van der Waals surface area (Å²) >= 11 is 0. The van der Waals surface area contributed by atoms with Crippen LogP contribution < -0.4 is 4.74 Å². The van der Waals surface area contributed by atoms with Gasteiger partial charge in [-0.2, -0.15) is 0 Å². The van der Waals surface area contributed by atoms with Crippen LogP contribution in [0.3, 0.4) is 0 Å². The summed E-state index contributed by atoms with van der Waals surface area (Å²) in [6.07, 6.45) is -0.168. The highest BCUT2D eigenvalue weighted by Crippen LogP contribution is 2.29. The molecular weight excluding hydrogens is 306 g/mol. The zero-order valence-corrected chi connectivity index (χ0v) is 14.6. The Balaban J connectivity index is 1.48. The number of cyclic esters (lactones) is 1. The monoisotopic (exact) mass is 333 g/mol. The highest BCUT2D eigenvalue weighted by atomic mass is 16.6. The molecule has 0 aromatic heterocycles. The fraction of sp³-hybridized carbons (Fsp3) is 0.611. The topological polar surface area (TPSA) is 45.2 Å². The minimum atomic E-state index is -0.168. The van der Waals surface area contributed by atoms with Gasteiger partial charge in [0.25, 0.3) is 0 Å². The van der Waals surface area contributed by atoms with Gasteiger partial charge in [0.05, 0.1) is 13.7 Å². The molecule has 0 spiro atoms. The Morgan fingerprint density at radius 1 is 1.12 bits per heavy atom. The summed E-state index contributed by atoms with van der Waals surface area (Å²) in [4.78, 5) is 18.2. The Morgan fingerprint density at radius 3 is 2.54 bits per heavy atom. The van der Waals surface area contributed by atoms with Crippen LogP contribution in [0, 0.1) is 0 Å². The van der Waals surface area contributed by atoms with Gasteiger partial charge in [0, 0.05) is 50.9 Å². The Hall–Kier alpha value is -1.79. The van der Waals surface area contributed by atoms with E-state index in [-0.39, 0.29) is 6.09 Å². The van der Waals surface area contributed by atoms with E-state index in [1.807, 2.05) is 12.1 Å². The van der Waals surface area contributed by atoms with E-state index in [9.17, 15) is 4.79 Å². The van der Waals surface area contributed by atoms with Crippen LogP contribution in [0.1, 0.15) is 18.5 Å². The van der Waals surface area contributed by atoms with E-state index in [1.54, 1.807) is 12.0 Å². The highest BCUT2D eigenvalue weighted by molar-refractivity contribution is 5.69. The maximum atomic E-state index is 11.5. The number of para-hydroxylation sites is 1. The average Bonchev–Trinajstić information content (AvgIpc) is 3.04. The fourth-order valence-electron chi connectivity index (χ4n) is 3.47. The molecule has 0 aliphatic carbocycles. The molecule has 132 valence electrons. The number of carbonyl (C=O) groups excluding carboxylic acids is 1. The van der Waals surface area contributed by atoms with E-state index in [0.717, 1.165) is 51.6 Å². The largest absolute Gasteiger partial charge is 0.496 e. The third-order valence-electron chi connectivity index (χ3n) is 5.07. The average molecular weight is 333 g/mol. The number of rotatable bonds is 6. The number of carbonyl (C=O) groups is 1. The molecule has 1 aromatic rings. The van der Waals surface area contributed by atoms with Crippen molar-refractivity contribution in [2.75, 3.05) is 59.5 Å². The van der Waals surface area contributed by atoms with E-state index in [1.165, 1.54) is 5.56 Å². The highest BCUT2D eigenvalue weighted by Gasteiger charge is 2.26. The summed E-state index contributed by atoms with van der Waals surface area (Å²) in [5.74, 6) is 0.958. The van der Waals surface area contributed by atoms with Crippen LogP contribution in [-0.2, 0) is 4.74 Å². The molecule has 0 unspecified atom stereocenters. The molecule has 0 N–H and O–H groups in total. The quantitative estimate of drug-likeness (QED) is 0.795. The molecule has 1 atom stereocenters. The standard InChI is InChI=1S/C18H27N3O3/c1-15(16-5-3-4-6-17(16)23-2)20-10-7-19(8-11-20)9-12-21-13-14-24-18(21)22/h3-6,15H,7-14H2,1-2H3/t15-/m1/s1. The minimum Gasteiger partial charge on any atom is -0.496 e. The number of benzene rings is 1. The van der Waals surface area contributed by atoms with E-state index in [4.69, 9.17) is 9.47 Å². The number of nitrogens with zero attached hydrogens (tertiary/aromatic N) is 3. The second-order valence-electron chi connectivity index (χ2n) is 6.40. The van der Waals surface area contributed by atoms with Gasteiger partial charge >= 0.3 is 6.09 Å². The van der Waals surface area contributed by atoms with Crippen LogP contribution in [0.4, 0.5) is 4.79 Å². The molecule has 2 fully saturated rings. The molecule has 6 heteroatoms. The predicted octanol–water partition coefficient (Wildman–Crippen LogP) is 1.83. The number of amides is 1. The van der Waals surface area contributed by atoms with Gasteiger partial charge in [-0.15, -0.1) is 0 Å². The smallest absolute Gasteiger partial charge is 0.409 e. The summed E-state index contributed by atoms with van der Waals surface area (Å²) in [7, 11) is 1.73. The predicted molar refractivity (Wildman–Crippen MR) is 92.3 cm³/mol. The Bertz CT molecular complexity index is 558. The van der Waals surface area contributed by atoms with Crippen molar-refractivity contribution in [2.24, 2.45) is 0 Å². The van der Waals surface area contributed by atoms with Crippen LogP contribution >= 0.6 is 0 Å². The van der Waals surface area contributed by atoms with E-state index >= 15 is 0 Å². The van der Waals surface area contributed by atoms with Crippen molar-refractivity contribution in [1.29, 1.82) is 0 Å². The van der Waals surface area contributed by atoms with Gasteiger partial charge in [-0.05, 0) is 13.0 Å². The summed E-state index contributed by atoms with van der Waals surface area (Å²) in [5.41, 5.74) is 1.24. The molecular formula is C18H27N3O3. The first-order valence-corrected chi connectivity index (χ1v) is 8.70. The Morgan fingerprint density at radius 2 is 1.88 bits per heavy atom. The van der Waals surface area contributed by atoms with Gasteiger partial charge in [-0.1, -0.05) is 18.2 Å². The van der Waals surface area contributed by atoms with Gasteiger partial charge in [-0.3, -0.25) is 9.80 Å². The first kappa shape index (κ1) is 17.0. The Kier molecular flexibility index (Phi) is 5.58. The summed E-state index contributed by atoms with van der Waals surface area (Å²) < 4.78 is 10.5. The first-order valence-electron chi connectivity index (χ1n) is 8.70. The fourth-order valence-corrected chi connectivity index (χ4v) is 3.47. The van der Waals surface area contributed by atoms with Gasteiger partial charge in [0.2, 0.25) is 0 Å². The minimum absolute atomic E-state index is 0.168. The second kappa shape index (κ2) is 7.85. The van der Waals surface area contributed by atoms with Crippen LogP contribution in [0.2, 0.25) is 0 Å². The third kappa shape index (κ3) is 3.82. The Labute approximate surface area is 143 Å². The molecule has 1 aromatic carbocycles. The van der Waals surface area contributed by atoms with Crippen molar-refractivity contribution in [2.45, 2.75) is 13.0 Å². The van der Waals surface area contributed by atoms with Crippen molar-refractivity contribution in [1.82, 2.24) is 14.7 Å². The van der Waals surface area contributed by atoms with Gasteiger partial charge in [-0.25, -0.2) is 4.79 Å². The molecule has 0 saturated carbocycles. The molecule has 2 heterocycles. The van der Waals surface area contributed by atoms with E-state index < -0.39 is 0 Å². The molecule has 3 rings (SSSR count). The summed E-state index contributed by atoms with van der Waals surface area (Å²) in [6.45, 7) is 9.31. The molecule has 24 heavy (non-hydrogen) atoms. The number of piperazine rings is 1. The van der Waals surface area contributed by atoms with Crippen molar-refractivity contribution >= 4 is 6.09 Å². The molecule has 2 saturated heterocycles. The molecule has 1 amide bonds. The van der Waals surface area contributed by atoms with E-state index in [2.05, 4.69) is 28.9 Å². The van der Waals surface area contributed by atoms with Gasteiger partial charge in [0.1, 0.15) is 12.4 Å². The second-order valence-corrected chi connectivity index (χ2v) is 6.40. The zero-order valence-electron chi connectivity index (χ0n) is 14.6. The number of methoxy groups -OCH3 is 1. The molecule has 6 nitrogen and oxygen atoms in total. The lowest BCUT2D eigenvalue weighted by Gasteiger charge is -2.38. The first-order chi connectivity index (χ1) is 11.7. The molecule has 2 aliphatic heterocycles. The zero-order chi connectivity index (χ0) is 16.9. The lowest BCUT2D eigenvalue weighted by Crippen LogP contribution is -2.49. The molecule has 2 aliphatic rings. The van der Waals surface area contributed by atoms with Crippen LogP contribution in [0.25, 0.3) is 0 Å². The van der Waals surface area contributed by atoms with Crippen LogP contribution in [0.15, 0.2) is 24.3 Å². The maximum Gasteiger partial charge on any atom is 0.409 e. The van der Waals surface area contributed by atoms with Gasteiger partial charge < -0.3 is 14.4 Å². The number of ether oxygens (including phenoxy) is 2. The summed E-state index contributed by atoms with van der Waals surface area (Å²) in [6, 6.07) is 8.60. The third-order valence-corrected chi connectivity index (χ3v) is 5.07. The van der Waals surface area contributed by atoms with Crippen molar-refractivity contribution in [3.63, 3.8) is 0 Å². The summed E-state index contributed by atoms with van der Waals surface area (Å²) in [5, 5.41) is 0. The van der Waals surface area contributed by atoms with Gasteiger partial charge in [0.15, 0.2) is 0 Å². The lowest BCUT2D eigenvalue weighted by molar-refractivity contribution is 0.0949.